The number of carbonyl (C=O) groups excluding carboxylic acids is 5. The molecule has 0 aliphatic rings. The largest absolute Gasteiger partial charge is 0.476 e. The first-order chi connectivity index (χ1) is 37.4. The second-order valence-corrected chi connectivity index (χ2v) is 15.9. The van der Waals surface area contributed by atoms with Crippen molar-refractivity contribution in [2.75, 3.05) is 211 Å². The van der Waals surface area contributed by atoms with Crippen molar-refractivity contribution >= 4 is 35.7 Å². The Bertz CT molecular complexity index is 1360. The normalized spacial score (nSPS) is 11.2. The van der Waals surface area contributed by atoms with E-state index in [0.717, 1.165) is 30.4 Å². The lowest BCUT2D eigenvalue weighted by molar-refractivity contribution is -0.141. The summed E-state index contributed by atoms with van der Waals surface area (Å²) in [6, 6.07) is 0. The van der Waals surface area contributed by atoms with Crippen molar-refractivity contribution in [3.63, 3.8) is 0 Å². The summed E-state index contributed by atoms with van der Waals surface area (Å²) < 4.78 is 101. The predicted molar refractivity (Wildman–Crippen MR) is 277 cm³/mol. The van der Waals surface area contributed by atoms with Crippen LogP contribution in [0.4, 0.5) is 0 Å². The van der Waals surface area contributed by atoms with Crippen molar-refractivity contribution in [2.24, 2.45) is 10.8 Å². The third-order valence-corrected chi connectivity index (χ3v) is 9.50. The standard InChI is InChI=1S/C52H84N2O23/c1-7-45(53)72-31-25-61-17-22-68-41-52(42-69-23-18-64-29-35-76-49(58)11-5,43-70-24-19-65-30-36-77-50(59)12-6)44-71-40-51(37-54-13-14-60-26-32-73-46(55)8-2,38-66-20-15-62-27-33-74-47(56)9-3)39-67-21-16-63-28-34-75-48(57)10-4/h7-12,53-54H,1-6,13-44H2. The van der Waals surface area contributed by atoms with Gasteiger partial charge in [0.2, 0.25) is 5.90 Å². The number of esters is 5. The fraction of sp³-hybridized carbons (Fsp3) is 0.654. The van der Waals surface area contributed by atoms with E-state index in [1.807, 2.05) is 0 Å². The van der Waals surface area contributed by atoms with Crippen LogP contribution in [-0.4, -0.2) is 247 Å². The van der Waals surface area contributed by atoms with E-state index in [-0.39, 0.29) is 211 Å². The lowest BCUT2D eigenvalue weighted by Crippen LogP contribution is -2.48. The highest BCUT2D eigenvalue weighted by molar-refractivity contribution is 5.84. The quantitative estimate of drug-likeness (QED) is 0.0218. The summed E-state index contributed by atoms with van der Waals surface area (Å²) >= 11 is 0. The fourth-order valence-corrected chi connectivity index (χ4v) is 5.73. The van der Waals surface area contributed by atoms with Gasteiger partial charge in [-0.25, -0.2) is 24.0 Å². The first-order valence-corrected chi connectivity index (χ1v) is 24.9. The summed E-state index contributed by atoms with van der Waals surface area (Å²) in [7, 11) is 0. The summed E-state index contributed by atoms with van der Waals surface area (Å²) in [5, 5.41) is 11.0. The molecule has 0 saturated carbocycles. The molecule has 0 aromatic rings. The minimum atomic E-state index is -0.976. The Balaban J connectivity index is 6.56. The molecule has 0 radical (unpaired) electrons. The third kappa shape index (κ3) is 44.4. The Morgan fingerprint density at radius 2 is 0.532 bits per heavy atom. The van der Waals surface area contributed by atoms with Crippen molar-refractivity contribution in [3.8, 4) is 0 Å². The molecule has 77 heavy (non-hydrogen) atoms. The van der Waals surface area contributed by atoms with Gasteiger partial charge in [0, 0.05) is 43.5 Å². The van der Waals surface area contributed by atoms with Crippen LogP contribution in [0.1, 0.15) is 0 Å². The fourth-order valence-electron chi connectivity index (χ4n) is 5.73. The van der Waals surface area contributed by atoms with Gasteiger partial charge in [-0.2, -0.15) is 0 Å². The highest BCUT2D eigenvalue weighted by Crippen LogP contribution is 2.25. The van der Waals surface area contributed by atoms with Gasteiger partial charge in [-0.05, 0) is 6.08 Å². The van der Waals surface area contributed by atoms with Crippen LogP contribution in [0.2, 0.25) is 0 Å². The summed E-state index contributed by atoms with van der Waals surface area (Å²) in [6.45, 7) is 24.5. The van der Waals surface area contributed by atoms with E-state index in [2.05, 4.69) is 44.8 Å². The van der Waals surface area contributed by atoms with Gasteiger partial charge in [-0.15, -0.1) is 0 Å². The van der Waals surface area contributed by atoms with Crippen LogP contribution in [0.25, 0.3) is 0 Å². The molecule has 0 aliphatic heterocycles. The lowest BCUT2D eigenvalue weighted by atomic mass is 9.89. The SMILES string of the molecule is C=CC(=N)OCCOCCOCC(COCCOCCOC(=O)C=C)(COCCOCCOC(=O)C=C)COCC(CNCCOCCOC(=O)C=C)(COCCOCCOC(=O)C=C)COCCOCCOC(=O)C=C. The molecule has 0 aromatic carbocycles. The highest BCUT2D eigenvalue weighted by atomic mass is 16.6. The molecule has 2 N–H and O–H groups in total. The Morgan fingerprint density at radius 1 is 0.299 bits per heavy atom. The van der Waals surface area contributed by atoms with Crippen molar-refractivity contribution in [1.29, 1.82) is 5.41 Å². The summed E-state index contributed by atoms with van der Waals surface area (Å²) in [5.41, 5.74) is -1.87. The molecule has 0 rings (SSSR count). The molecule has 0 heterocycles. The highest BCUT2D eigenvalue weighted by Gasteiger charge is 2.36. The van der Waals surface area contributed by atoms with Crippen LogP contribution < -0.4 is 5.32 Å². The first-order valence-electron chi connectivity index (χ1n) is 24.9. The van der Waals surface area contributed by atoms with Gasteiger partial charge in [0.05, 0.1) is 169 Å². The molecule has 0 spiro atoms. The minimum absolute atomic E-state index is 0.00938. The Kier molecular flexibility index (Phi) is 48.0. The number of carbonyl (C=O) groups is 5. The molecule has 0 amide bonds. The number of hydrogen-bond donors (Lipinski definition) is 2. The van der Waals surface area contributed by atoms with E-state index >= 15 is 0 Å². The van der Waals surface area contributed by atoms with E-state index in [0.29, 0.717) is 6.54 Å². The van der Waals surface area contributed by atoms with Gasteiger partial charge in [-0.3, -0.25) is 5.41 Å². The zero-order valence-electron chi connectivity index (χ0n) is 44.7. The molecule has 0 saturated heterocycles. The third-order valence-electron chi connectivity index (χ3n) is 9.50. The van der Waals surface area contributed by atoms with Crippen LogP contribution in [-0.2, 0) is 109 Å². The van der Waals surface area contributed by atoms with Crippen molar-refractivity contribution in [2.45, 2.75) is 0 Å². The van der Waals surface area contributed by atoms with E-state index in [1.165, 1.54) is 6.08 Å². The van der Waals surface area contributed by atoms with Gasteiger partial charge in [0.15, 0.2) is 0 Å². The van der Waals surface area contributed by atoms with Crippen LogP contribution in [0.15, 0.2) is 75.9 Å². The van der Waals surface area contributed by atoms with Crippen LogP contribution >= 0.6 is 0 Å². The van der Waals surface area contributed by atoms with Crippen molar-refractivity contribution in [1.82, 2.24) is 5.32 Å². The van der Waals surface area contributed by atoms with Gasteiger partial charge in [0.1, 0.15) is 39.6 Å². The molecule has 0 atom stereocenters. The first kappa shape index (κ1) is 71.7. The smallest absolute Gasteiger partial charge is 0.330 e. The molecule has 0 fully saturated rings. The van der Waals surface area contributed by atoms with E-state index in [1.54, 1.807) is 0 Å². The number of ether oxygens (including phenoxy) is 18. The van der Waals surface area contributed by atoms with Crippen LogP contribution in [0, 0.1) is 16.2 Å². The second-order valence-electron chi connectivity index (χ2n) is 15.9. The maximum atomic E-state index is 11.5. The Hall–Kier alpha value is -5.26. The molecule has 0 bridgehead atoms. The average Bonchev–Trinajstić information content (AvgIpc) is 3.44. The second kappa shape index (κ2) is 51.5. The van der Waals surface area contributed by atoms with Crippen LogP contribution in [0.5, 0.6) is 0 Å². The van der Waals surface area contributed by atoms with E-state index < -0.39 is 40.7 Å². The molecule has 0 aromatic heterocycles. The Labute approximate surface area is 452 Å². The molecule has 0 unspecified atom stereocenters. The minimum Gasteiger partial charge on any atom is -0.476 e. The maximum Gasteiger partial charge on any atom is 0.330 e. The Morgan fingerprint density at radius 3 is 0.831 bits per heavy atom. The molecule has 25 heteroatoms. The lowest BCUT2D eigenvalue weighted by Gasteiger charge is -2.37. The average molecular weight is 1110 g/mol. The van der Waals surface area contributed by atoms with E-state index in [4.69, 9.17) is 90.7 Å². The van der Waals surface area contributed by atoms with Crippen molar-refractivity contribution < 1.29 is 109 Å². The summed E-state index contributed by atoms with van der Waals surface area (Å²) in [5.74, 6) is -2.91. The summed E-state index contributed by atoms with van der Waals surface area (Å²) in [4.78, 5) is 57.2. The number of nitrogens with one attached hydrogen (secondary N) is 2. The van der Waals surface area contributed by atoms with E-state index in [9.17, 15) is 24.0 Å². The monoisotopic (exact) mass is 1100 g/mol. The van der Waals surface area contributed by atoms with Gasteiger partial charge in [0.25, 0.3) is 0 Å². The molecular weight excluding hydrogens is 1020 g/mol. The zero-order valence-corrected chi connectivity index (χ0v) is 44.7. The van der Waals surface area contributed by atoms with Gasteiger partial charge >= 0.3 is 29.8 Å². The topological polar surface area (TPSA) is 287 Å². The van der Waals surface area contributed by atoms with Crippen LogP contribution in [0.3, 0.4) is 0 Å². The molecule has 440 valence electrons. The van der Waals surface area contributed by atoms with Gasteiger partial charge in [-0.1, -0.05) is 39.5 Å². The number of hydrogen-bond acceptors (Lipinski definition) is 25. The maximum absolute atomic E-state index is 11.5. The number of rotatable bonds is 58. The predicted octanol–water partition coefficient (Wildman–Crippen LogP) is 1.57. The summed E-state index contributed by atoms with van der Waals surface area (Å²) in [6.07, 6.45) is 6.58. The van der Waals surface area contributed by atoms with Crippen molar-refractivity contribution in [3.05, 3.63) is 75.9 Å². The molecule has 0 aliphatic carbocycles. The molecular formula is C52H84N2O23. The zero-order chi connectivity index (χ0) is 56.8. The molecule has 25 nitrogen and oxygen atoms in total. The van der Waals surface area contributed by atoms with Gasteiger partial charge < -0.3 is 90.6 Å².